The molecule has 0 heterocycles. The van der Waals surface area contributed by atoms with Crippen LogP contribution >= 0.6 is 11.6 Å². The molecule has 0 saturated carbocycles. The van der Waals surface area contributed by atoms with Gasteiger partial charge in [0.1, 0.15) is 5.82 Å². The lowest BCUT2D eigenvalue weighted by Gasteiger charge is -2.13. The Balaban J connectivity index is 2.43. The average molecular weight is 281 g/mol. The fourth-order valence-corrected chi connectivity index (χ4v) is 2.01. The van der Waals surface area contributed by atoms with Crippen molar-refractivity contribution in [2.45, 2.75) is 6.04 Å². The van der Waals surface area contributed by atoms with E-state index in [0.717, 1.165) is 0 Å². The van der Waals surface area contributed by atoms with E-state index in [1.165, 1.54) is 36.4 Å². The van der Waals surface area contributed by atoms with E-state index in [1.54, 1.807) is 6.07 Å². The van der Waals surface area contributed by atoms with Crippen LogP contribution in [0.25, 0.3) is 0 Å². The number of nitro groups is 1. The molecule has 19 heavy (non-hydrogen) atoms. The van der Waals surface area contributed by atoms with Crippen molar-refractivity contribution in [3.8, 4) is 0 Å². The van der Waals surface area contributed by atoms with Crippen LogP contribution in [0, 0.1) is 15.9 Å². The maximum Gasteiger partial charge on any atom is 0.271 e. The van der Waals surface area contributed by atoms with Crippen LogP contribution in [-0.4, -0.2) is 4.92 Å². The second kappa shape index (κ2) is 5.34. The summed E-state index contributed by atoms with van der Waals surface area (Å²) in [7, 11) is 0. The van der Waals surface area contributed by atoms with Gasteiger partial charge in [-0.05, 0) is 29.3 Å². The topological polar surface area (TPSA) is 69.2 Å². The van der Waals surface area contributed by atoms with Crippen LogP contribution in [0.2, 0.25) is 5.02 Å². The Kier molecular flexibility index (Phi) is 3.78. The van der Waals surface area contributed by atoms with Crippen molar-refractivity contribution in [2.75, 3.05) is 0 Å². The molecule has 0 radical (unpaired) electrons. The first kappa shape index (κ1) is 13.5. The highest BCUT2D eigenvalue weighted by atomic mass is 35.5. The summed E-state index contributed by atoms with van der Waals surface area (Å²) in [5, 5.41) is 11.0. The predicted octanol–water partition coefficient (Wildman–Crippen LogP) is 3.44. The van der Waals surface area contributed by atoms with Crippen LogP contribution in [0.3, 0.4) is 0 Å². The second-order valence-electron chi connectivity index (χ2n) is 4.03. The quantitative estimate of drug-likeness (QED) is 0.692. The van der Waals surface area contributed by atoms with Crippen LogP contribution in [0.5, 0.6) is 0 Å². The molecule has 0 aromatic heterocycles. The van der Waals surface area contributed by atoms with E-state index in [9.17, 15) is 14.5 Å². The highest BCUT2D eigenvalue weighted by Crippen LogP contribution is 2.27. The molecule has 4 nitrogen and oxygen atoms in total. The minimum Gasteiger partial charge on any atom is -0.320 e. The van der Waals surface area contributed by atoms with Gasteiger partial charge in [0.25, 0.3) is 5.69 Å². The lowest BCUT2D eigenvalue weighted by molar-refractivity contribution is -0.384. The van der Waals surface area contributed by atoms with Gasteiger partial charge in [0.05, 0.1) is 11.0 Å². The molecule has 0 aliphatic heterocycles. The van der Waals surface area contributed by atoms with E-state index in [4.69, 9.17) is 17.3 Å². The predicted molar refractivity (Wildman–Crippen MR) is 70.5 cm³/mol. The molecule has 0 aliphatic rings. The summed E-state index contributed by atoms with van der Waals surface area (Å²) in [6.07, 6.45) is 0. The largest absolute Gasteiger partial charge is 0.320 e. The van der Waals surface area contributed by atoms with Crippen molar-refractivity contribution >= 4 is 17.3 Å². The van der Waals surface area contributed by atoms with Gasteiger partial charge in [-0.15, -0.1) is 0 Å². The third-order valence-electron chi connectivity index (χ3n) is 2.68. The average Bonchev–Trinajstić information content (AvgIpc) is 2.37. The summed E-state index contributed by atoms with van der Waals surface area (Å²) in [6, 6.07) is 9.21. The summed E-state index contributed by atoms with van der Waals surface area (Å²) >= 11 is 5.82. The Morgan fingerprint density at radius 3 is 2.58 bits per heavy atom. The zero-order valence-corrected chi connectivity index (χ0v) is 10.5. The fourth-order valence-electron chi connectivity index (χ4n) is 1.77. The number of hydrogen-bond acceptors (Lipinski definition) is 3. The Morgan fingerprint density at radius 1 is 1.21 bits per heavy atom. The van der Waals surface area contributed by atoms with Crippen molar-refractivity contribution in [1.29, 1.82) is 0 Å². The molecule has 2 aromatic carbocycles. The SMILES string of the molecule is NC(c1cccc(F)c1)c1cc(Cl)cc([N+](=O)[O-])c1. The van der Waals surface area contributed by atoms with Crippen molar-refractivity contribution < 1.29 is 9.31 Å². The Hall–Kier alpha value is -1.98. The minimum absolute atomic E-state index is 0.144. The van der Waals surface area contributed by atoms with Gasteiger partial charge in [-0.2, -0.15) is 0 Å². The van der Waals surface area contributed by atoms with E-state index in [-0.39, 0.29) is 10.7 Å². The molecule has 6 heteroatoms. The summed E-state index contributed by atoms with van der Waals surface area (Å²) in [5.74, 6) is -0.413. The lowest BCUT2D eigenvalue weighted by atomic mass is 9.99. The molecule has 0 fully saturated rings. The number of nitrogens with two attached hydrogens (primary N) is 1. The normalized spacial score (nSPS) is 12.2. The molecule has 0 amide bonds. The molecule has 2 N–H and O–H groups in total. The number of nitro benzene ring substituents is 1. The van der Waals surface area contributed by atoms with Crippen molar-refractivity contribution in [3.63, 3.8) is 0 Å². The Morgan fingerprint density at radius 2 is 1.95 bits per heavy atom. The summed E-state index contributed by atoms with van der Waals surface area (Å²) < 4.78 is 13.1. The van der Waals surface area contributed by atoms with Crippen LogP contribution in [0.15, 0.2) is 42.5 Å². The van der Waals surface area contributed by atoms with Gasteiger partial charge in [0.15, 0.2) is 0 Å². The van der Waals surface area contributed by atoms with Crippen LogP contribution in [0.4, 0.5) is 10.1 Å². The molecule has 0 bridgehead atoms. The van der Waals surface area contributed by atoms with Crippen molar-refractivity contribution in [3.05, 3.63) is 74.5 Å². The van der Waals surface area contributed by atoms with Crippen LogP contribution in [-0.2, 0) is 0 Å². The number of hydrogen-bond donors (Lipinski definition) is 1. The fraction of sp³-hybridized carbons (Fsp3) is 0.0769. The second-order valence-corrected chi connectivity index (χ2v) is 4.47. The number of non-ortho nitro benzene ring substituents is 1. The zero-order valence-electron chi connectivity index (χ0n) is 9.72. The zero-order chi connectivity index (χ0) is 14.0. The minimum atomic E-state index is -0.673. The first-order chi connectivity index (χ1) is 8.97. The highest BCUT2D eigenvalue weighted by molar-refractivity contribution is 6.30. The van der Waals surface area contributed by atoms with Gasteiger partial charge in [-0.25, -0.2) is 4.39 Å². The summed E-state index contributed by atoms with van der Waals surface area (Å²) in [5.41, 5.74) is 6.82. The Bertz CT molecular complexity index is 634. The van der Waals surface area contributed by atoms with E-state index in [1.807, 2.05) is 0 Å². The first-order valence-corrected chi connectivity index (χ1v) is 5.81. The van der Waals surface area contributed by atoms with Crippen molar-refractivity contribution in [2.24, 2.45) is 5.73 Å². The summed E-state index contributed by atoms with van der Waals surface area (Å²) in [6.45, 7) is 0. The third kappa shape index (κ3) is 3.07. The number of rotatable bonds is 3. The lowest BCUT2D eigenvalue weighted by Crippen LogP contribution is -2.12. The van der Waals surface area contributed by atoms with Crippen LogP contribution < -0.4 is 5.73 Å². The van der Waals surface area contributed by atoms with Crippen molar-refractivity contribution in [1.82, 2.24) is 0 Å². The molecule has 0 spiro atoms. The van der Waals surface area contributed by atoms with Gasteiger partial charge in [-0.3, -0.25) is 10.1 Å². The molecular formula is C13H10ClFN2O2. The number of nitrogens with zero attached hydrogens (tertiary/aromatic N) is 1. The number of halogens is 2. The van der Waals surface area contributed by atoms with Gasteiger partial charge in [0.2, 0.25) is 0 Å². The molecule has 2 rings (SSSR count). The van der Waals surface area contributed by atoms with E-state index < -0.39 is 16.8 Å². The van der Waals surface area contributed by atoms with Gasteiger partial charge in [0, 0.05) is 17.2 Å². The molecule has 2 aromatic rings. The summed E-state index contributed by atoms with van der Waals surface area (Å²) in [4.78, 5) is 10.2. The molecule has 0 saturated heterocycles. The monoisotopic (exact) mass is 280 g/mol. The van der Waals surface area contributed by atoms with Gasteiger partial charge in [-0.1, -0.05) is 23.7 Å². The highest BCUT2D eigenvalue weighted by Gasteiger charge is 2.15. The van der Waals surface area contributed by atoms with Gasteiger partial charge < -0.3 is 5.73 Å². The molecular weight excluding hydrogens is 271 g/mol. The maximum atomic E-state index is 13.1. The molecule has 1 unspecified atom stereocenters. The molecule has 0 aliphatic carbocycles. The molecule has 1 atom stereocenters. The van der Waals surface area contributed by atoms with E-state index in [2.05, 4.69) is 0 Å². The number of benzene rings is 2. The van der Waals surface area contributed by atoms with E-state index in [0.29, 0.717) is 11.1 Å². The first-order valence-electron chi connectivity index (χ1n) is 5.43. The third-order valence-corrected chi connectivity index (χ3v) is 2.90. The maximum absolute atomic E-state index is 13.1. The van der Waals surface area contributed by atoms with E-state index >= 15 is 0 Å². The van der Waals surface area contributed by atoms with Crippen LogP contribution in [0.1, 0.15) is 17.2 Å². The molecule has 98 valence electrons. The Labute approximate surface area is 113 Å². The smallest absolute Gasteiger partial charge is 0.271 e. The van der Waals surface area contributed by atoms with Gasteiger partial charge >= 0.3 is 0 Å². The standard InChI is InChI=1S/C13H10ClFN2O2/c14-10-4-9(6-12(7-10)17(18)19)13(16)8-2-1-3-11(15)5-8/h1-7,13H,16H2.